The van der Waals surface area contributed by atoms with Gasteiger partial charge in [-0.15, -0.1) is 0 Å². The fourth-order valence-corrected chi connectivity index (χ4v) is 4.83. The molecular formula is C43H49N. The minimum Gasteiger partial charge on any atom is -0.309 e. The highest BCUT2D eigenvalue weighted by atomic mass is 15.0. The van der Waals surface area contributed by atoms with Crippen molar-refractivity contribution in [1.82, 2.24) is 4.57 Å². The number of hydrogen-bond donors (Lipinski definition) is 0. The van der Waals surface area contributed by atoms with Crippen molar-refractivity contribution in [3.8, 4) is 16.8 Å². The topological polar surface area (TPSA) is 4.93 Å². The van der Waals surface area contributed by atoms with Crippen molar-refractivity contribution in [2.24, 2.45) is 0 Å². The van der Waals surface area contributed by atoms with Crippen LogP contribution in [0.25, 0.3) is 44.7 Å². The van der Waals surface area contributed by atoms with Crippen LogP contribution < -0.4 is 0 Å². The van der Waals surface area contributed by atoms with Gasteiger partial charge in [-0.05, 0) is 88.1 Å². The molecule has 0 fully saturated rings. The second-order valence-corrected chi connectivity index (χ2v) is 11.0. The standard InChI is InChI=1S/C27H21N.C7H8.C7H14.C2H6/c1-3-20-10-17-27-25(18-20)24-6-4-5-7-26(24)28(27)23-15-13-22(14-16-23)21-11-8-19(2)9-12-21;1-7-5-3-2-4-6-7;1-5-7(4)6(2)3;1-2/h3-18H,1H2,2H3;2-6H,1H3;5H2,1-4H3;1-2H3. The molecular weight excluding hydrogens is 530 g/mol. The van der Waals surface area contributed by atoms with Crippen LogP contribution in [0.2, 0.25) is 0 Å². The van der Waals surface area contributed by atoms with Gasteiger partial charge >= 0.3 is 0 Å². The van der Waals surface area contributed by atoms with Crippen LogP contribution in [0.5, 0.6) is 0 Å². The summed E-state index contributed by atoms with van der Waals surface area (Å²) in [5.74, 6) is 0. The average molecular weight is 580 g/mol. The summed E-state index contributed by atoms with van der Waals surface area (Å²) >= 11 is 0. The first kappa shape index (κ1) is 33.9. The molecule has 0 spiro atoms. The number of para-hydroxylation sites is 1. The van der Waals surface area contributed by atoms with E-state index in [4.69, 9.17) is 0 Å². The Hall–Kier alpha value is -4.62. The molecule has 44 heavy (non-hydrogen) atoms. The molecule has 0 unspecified atom stereocenters. The van der Waals surface area contributed by atoms with Gasteiger partial charge in [0, 0.05) is 16.5 Å². The Morgan fingerprint density at radius 3 is 1.64 bits per heavy atom. The Labute approximate surface area is 266 Å². The molecule has 0 aliphatic rings. The predicted octanol–water partition coefficient (Wildman–Crippen LogP) is 13.2. The molecule has 1 heterocycles. The molecule has 0 aliphatic heterocycles. The van der Waals surface area contributed by atoms with Gasteiger partial charge in [-0.3, -0.25) is 0 Å². The Balaban J connectivity index is 0.000000273. The van der Waals surface area contributed by atoms with Crippen LogP contribution in [0.1, 0.15) is 64.7 Å². The summed E-state index contributed by atoms with van der Waals surface area (Å²) in [4.78, 5) is 0. The second-order valence-electron chi connectivity index (χ2n) is 11.0. The zero-order chi connectivity index (χ0) is 32.1. The molecule has 6 rings (SSSR count). The van der Waals surface area contributed by atoms with Gasteiger partial charge in [0.25, 0.3) is 0 Å². The summed E-state index contributed by atoms with van der Waals surface area (Å²) in [5, 5.41) is 2.53. The quantitative estimate of drug-likeness (QED) is 0.183. The molecule has 0 aliphatic carbocycles. The van der Waals surface area contributed by atoms with Gasteiger partial charge in [0.2, 0.25) is 0 Å². The van der Waals surface area contributed by atoms with Crippen molar-refractivity contribution in [2.75, 3.05) is 0 Å². The number of aromatic nitrogens is 1. The number of rotatable bonds is 4. The molecule has 6 aromatic rings. The lowest BCUT2D eigenvalue weighted by atomic mass is 10.0. The monoisotopic (exact) mass is 579 g/mol. The first-order valence-corrected chi connectivity index (χ1v) is 15.8. The number of aryl methyl sites for hydroxylation is 2. The lowest BCUT2D eigenvalue weighted by molar-refractivity contribution is 1.05. The Bertz CT molecular complexity index is 1780. The van der Waals surface area contributed by atoms with Crippen LogP contribution in [0.3, 0.4) is 0 Å². The average Bonchev–Trinajstić information content (AvgIpc) is 3.40. The van der Waals surface area contributed by atoms with Crippen molar-refractivity contribution in [2.45, 2.75) is 61.8 Å². The van der Waals surface area contributed by atoms with E-state index in [0.717, 1.165) is 5.56 Å². The third-order valence-corrected chi connectivity index (χ3v) is 7.77. The first-order chi connectivity index (χ1) is 21.3. The van der Waals surface area contributed by atoms with E-state index >= 15 is 0 Å². The summed E-state index contributed by atoms with van der Waals surface area (Å²) in [7, 11) is 0. The summed E-state index contributed by atoms with van der Waals surface area (Å²) in [6, 6.07) is 42.9. The molecule has 0 saturated heterocycles. The van der Waals surface area contributed by atoms with Gasteiger partial charge in [-0.2, -0.15) is 0 Å². The third kappa shape index (κ3) is 8.71. The van der Waals surface area contributed by atoms with E-state index in [1.807, 2.05) is 38.1 Å². The van der Waals surface area contributed by atoms with Gasteiger partial charge in [-0.1, -0.05) is 147 Å². The van der Waals surface area contributed by atoms with Crippen LogP contribution in [-0.2, 0) is 0 Å². The van der Waals surface area contributed by atoms with E-state index in [2.05, 4.69) is 156 Å². The van der Waals surface area contributed by atoms with E-state index < -0.39 is 0 Å². The minimum atomic E-state index is 1.14. The fourth-order valence-electron chi connectivity index (χ4n) is 4.83. The smallest absolute Gasteiger partial charge is 0.0541 e. The number of nitrogens with zero attached hydrogens (tertiary/aromatic N) is 1. The predicted molar refractivity (Wildman–Crippen MR) is 198 cm³/mol. The maximum Gasteiger partial charge on any atom is 0.0541 e. The van der Waals surface area contributed by atoms with E-state index in [-0.39, 0.29) is 0 Å². The molecule has 226 valence electrons. The maximum absolute atomic E-state index is 3.92. The van der Waals surface area contributed by atoms with Crippen molar-refractivity contribution in [1.29, 1.82) is 0 Å². The normalized spacial score (nSPS) is 10.0. The van der Waals surface area contributed by atoms with Crippen LogP contribution >= 0.6 is 0 Å². The molecule has 0 radical (unpaired) electrons. The molecule has 0 saturated carbocycles. The summed E-state index contributed by atoms with van der Waals surface area (Å²) in [6.45, 7) is 20.8. The van der Waals surface area contributed by atoms with E-state index in [1.165, 1.54) is 67.3 Å². The van der Waals surface area contributed by atoms with Crippen LogP contribution in [-0.4, -0.2) is 4.57 Å². The van der Waals surface area contributed by atoms with Gasteiger partial charge in [0.05, 0.1) is 11.0 Å². The van der Waals surface area contributed by atoms with E-state index in [0.29, 0.717) is 0 Å². The summed E-state index contributed by atoms with van der Waals surface area (Å²) in [5.41, 5.74) is 12.8. The molecule has 1 nitrogen and oxygen atoms in total. The Morgan fingerprint density at radius 2 is 1.14 bits per heavy atom. The minimum absolute atomic E-state index is 1.14. The molecule has 0 atom stereocenters. The largest absolute Gasteiger partial charge is 0.309 e. The van der Waals surface area contributed by atoms with Crippen molar-refractivity contribution in [3.63, 3.8) is 0 Å². The van der Waals surface area contributed by atoms with E-state index in [1.54, 1.807) is 0 Å². The van der Waals surface area contributed by atoms with Crippen LogP contribution in [0.15, 0.2) is 139 Å². The lowest BCUT2D eigenvalue weighted by Gasteiger charge is -2.09. The highest BCUT2D eigenvalue weighted by Gasteiger charge is 2.12. The van der Waals surface area contributed by atoms with Crippen molar-refractivity contribution < 1.29 is 0 Å². The summed E-state index contributed by atoms with van der Waals surface area (Å²) < 4.78 is 2.34. The van der Waals surface area contributed by atoms with E-state index in [9.17, 15) is 0 Å². The number of hydrogen-bond acceptors (Lipinski definition) is 0. The number of allylic oxidation sites excluding steroid dienone is 2. The van der Waals surface area contributed by atoms with Crippen LogP contribution in [0.4, 0.5) is 0 Å². The molecule has 0 bridgehead atoms. The highest BCUT2D eigenvalue weighted by molar-refractivity contribution is 6.09. The van der Waals surface area contributed by atoms with Gasteiger partial charge in [0.1, 0.15) is 0 Å². The van der Waals surface area contributed by atoms with Crippen molar-refractivity contribution >= 4 is 27.9 Å². The SMILES string of the molecule is C=Cc1ccc2c(c1)c1ccccc1n2-c1ccc(-c2ccc(C)cc2)cc1.CC.CCC(C)=C(C)C.Cc1ccccc1. The van der Waals surface area contributed by atoms with Crippen LogP contribution in [0, 0.1) is 13.8 Å². The maximum atomic E-state index is 3.92. The molecule has 0 amide bonds. The third-order valence-electron chi connectivity index (χ3n) is 7.77. The van der Waals surface area contributed by atoms with Gasteiger partial charge in [-0.25, -0.2) is 0 Å². The molecule has 5 aromatic carbocycles. The number of benzene rings is 5. The highest BCUT2D eigenvalue weighted by Crippen LogP contribution is 2.33. The second kappa shape index (κ2) is 16.9. The van der Waals surface area contributed by atoms with Gasteiger partial charge in [0.15, 0.2) is 0 Å². The zero-order valence-electron chi connectivity index (χ0n) is 28.0. The Morgan fingerprint density at radius 1 is 0.614 bits per heavy atom. The van der Waals surface area contributed by atoms with Crippen molar-refractivity contribution in [3.05, 3.63) is 156 Å². The first-order valence-electron chi connectivity index (χ1n) is 15.8. The summed E-state index contributed by atoms with van der Waals surface area (Å²) in [6.07, 6.45) is 3.10. The zero-order valence-corrected chi connectivity index (χ0v) is 28.0. The fraction of sp³-hybridized carbons (Fsp3) is 0.209. The molecule has 1 aromatic heterocycles. The molecule has 0 N–H and O–H groups in total. The lowest BCUT2D eigenvalue weighted by Crippen LogP contribution is -1.93. The molecule has 1 heteroatoms. The van der Waals surface area contributed by atoms with Gasteiger partial charge < -0.3 is 4.57 Å². The Kier molecular flexibility index (Phi) is 13.0. The number of fused-ring (bicyclic) bond motifs is 3.